The Balaban J connectivity index is 1.08. The number of hydrogen-bond acceptors (Lipinski definition) is 9. The number of nitrogens with one attached hydrogen (secondary N) is 1. The second-order valence-corrected chi connectivity index (χ2v) is 9.46. The highest BCUT2D eigenvalue weighted by atomic mass is 16.5. The summed E-state index contributed by atoms with van der Waals surface area (Å²) in [6.45, 7) is 5.92. The van der Waals surface area contributed by atoms with E-state index in [2.05, 4.69) is 36.8 Å². The van der Waals surface area contributed by atoms with Crippen LogP contribution < -0.4 is 15.0 Å². The van der Waals surface area contributed by atoms with Gasteiger partial charge >= 0.3 is 0 Å². The second kappa shape index (κ2) is 8.51. The highest BCUT2D eigenvalue weighted by Gasteiger charge is 2.55. The number of nitrogens with zero attached hydrogens (tertiary/aromatic N) is 8. The first kappa shape index (κ1) is 22.2. The van der Waals surface area contributed by atoms with Crippen molar-refractivity contribution in [1.29, 1.82) is 0 Å². The lowest BCUT2D eigenvalue weighted by atomic mass is 9.77. The molecule has 0 aliphatic carbocycles. The van der Waals surface area contributed by atoms with Crippen molar-refractivity contribution in [3.8, 4) is 11.5 Å². The molecule has 188 valence electrons. The van der Waals surface area contributed by atoms with E-state index in [1.54, 1.807) is 10.7 Å². The molecule has 7 rings (SSSR count). The number of carbonyl (C=O) groups excluding carboxylic acids is 1. The summed E-state index contributed by atoms with van der Waals surface area (Å²) >= 11 is 0. The number of ether oxygens (including phenoxy) is 1. The number of hydrogen-bond donors (Lipinski definition) is 1. The van der Waals surface area contributed by atoms with Gasteiger partial charge in [0, 0.05) is 37.6 Å². The fourth-order valence-electron chi connectivity index (χ4n) is 5.09. The minimum absolute atomic E-state index is 0.00457. The number of pyridine rings is 2. The number of carbonyl (C=O) groups is 1. The maximum Gasteiger partial charge on any atom is 0.246 e. The van der Waals surface area contributed by atoms with Gasteiger partial charge in [-0.2, -0.15) is 5.10 Å². The molecule has 1 amide bonds. The van der Waals surface area contributed by atoms with Crippen molar-refractivity contribution < 1.29 is 9.53 Å². The van der Waals surface area contributed by atoms with Gasteiger partial charge in [0.05, 0.1) is 11.1 Å². The van der Waals surface area contributed by atoms with Crippen molar-refractivity contribution >= 4 is 39.9 Å². The maximum absolute atomic E-state index is 12.1. The number of amides is 1. The number of anilines is 3. The SMILES string of the molecule is C=CC(=O)N1CCC12CN(c1ccc3ncnc(Nc4ccc(Oc5ccn6ncnc6c5)cc4)c3n1)C2. The van der Waals surface area contributed by atoms with Gasteiger partial charge in [0.25, 0.3) is 0 Å². The fourth-order valence-corrected chi connectivity index (χ4v) is 5.09. The predicted octanol–water partition coefficient (Wildman–Crippen LogP) is 3.58. The summed E-state index contributed by atoms with van der Waals surface area (Å²) in [5.41, 5.74) is 2.89. The van der Waals surface area contributed by atoms with Crippen molar-refractivity contribution in [2.75, 3.05) is 29.9 Å². The summed E-state index contributed by atoms with van der Waals surface area (Å²) in [6, 6.07) is 15.2. The third kappa shape index (κ3) is 3.67. The van der Waals surface area contributed by atoms with Gasteiger partial charge in [-0.3, -0.25) is 4.79 Å². The lowest BCUT2D eigenvalue weighted by Gasteiger charge is -2.62. The molecule has 2 aliphatic heterocycles. The third-order valence-electron chi connectivity index (χ3n) is 7.18. The minimum atomic E-state index is -0.0961. The van der Waals surface area contributed by atoms with E-state index in [1.165, 1.54) is 18.7 Å². The topological polar surface area (TPSA) is 114 Å². The fraction of sp³-hybridized carbons (Fsp3) is 0.185. The van der Waals surface area contributed by atoms with Gasteiger partial charge in [0.15, 0.2) is 11.5 Å². The summed E-state index contributed by atoms with van der Waals surface area (Å²) in [5, 5.41) is 7.45. The summed E-state index contributed by atoms with van der Waals surface area (Å²) in [6.07, 6.45) is 7.22. The Bertz CT molecular complexity index is 1690. The van der Waals surface area contributed by atoms with Crippen LogP contribution >= 0.6 is 0 Å². The van der Waals surface area contributed by atoms with Crippen LogP contribution in [0.3, 0.4) is 0 Å². The number of benzene rings is 1. The number of aromatic nitrogens is 6. The quantitative estimate of drug-likeness (QED) is 0.346. The van der Waals surface area contributed by atoms with E-state index < -0.39 is 0 Å². The van der Waals surface area contributed by atoms with Gasteiger partial charge in [0.2, 0.25) is 5.91 Å². The molecule has 38 heavy (non-hydrogen) atoms. The van der Waals surface area contributed by atoms with E-state index in [-0.39, 0.29) is 11.4 Å². The molecule has 6 heterocycles. The number of likely N-dealkylation sites (tertiary alicyclic amines) is 1. The van der Waals surface area contributed by atoms with Gasteiger partial charge in [-0.05, 0) is 55.0 Å². The lowest BCUT2D eigenvalue weighted by Crippen LogP contribution is -2.78. The smallest absolute Gasteiger partial charge is 0.246 e. The summed E-state index contributed by atoms with van der Waals surface area (Å²) in [4.78, 5) is 34.1. The van der Waals surface area contributed by atoms with E-state index in [0.717, 1.165) is 43.1 Å². The summed E-state index contributed by atoms with van der Waals surface area (Å²) in [7, 11) is 0. The second-order valence-electron chi connectivity index (χ2n) is 9.46. The number of fused-ring (bicyclic) bond motifs is 2. The van der Waals surface area contributed by atoms with Crippen molar-refractivity contribution in [3.05, 3.63) is 80.0 Å². The third-order valence-corrected chi connectivity index (χ3v) is 7.18. The van der Waals surface area contributed by atoms with Crippen molar-refractivity contribution in [2.45, 2.75) is 12.0 Å². The average Bonchev–Trinajstić information content (AvgIpc) is 3.37. The van der Waals surface area contributed by atoms with E-state index in [9.17, 15) is 4.79 Å². The van der Waals surface area contributed by atoms with Gasteiger partial charge in [-0.15, -0.1) is 0 Å². The molecule has 11 nitrogen and oxygen atoms in total. The number of rotatable bonds is 6. The molecule has 5 aromatic rings. The predicted molar refractivity (Wildman–Crippen MR) is 142 cm³/mol. The van der Waals surface area contributed by atoms with Crippen LogP contribution in [0.1, 0.15) is 6.42 Å². The monoisotopic (exact) mass is 505 g/mol. The Morgan fingerprint density at radius 1 is 1.03 bits per heavy atom. The van der Waals surface area contributed by atoms with E-state index in [4.69, 9.17) is 9.72 Å². The Morgan fingerprint density at radius 3 is 2.68 bits per heavy atom. The maximum atomic E-state index is 12.1. The molecule has 2 fully saturated rings. The van der Waals surface area contributed by atoms with Crippen LogP contribution in [0, 0.1) is 0 Å². The minimum Gasteiger partial charge on any atom is -0.457 e. The molecule has 1 aromatic carbocycles. The molecular weight excluding hydrogens is 482 g/mol. The summed E-state index contributed by atoms with van der Waals surface area (Å²) in [5.74, 6) is 2.82. The molecule has 2 aliphatic rings. The van der Waals surface area contributed by atoms with Gasteiger partial charge < -0.3 is 19.9 Å². The lowest BCUT2D eigenvalue weighted by molar-refractivity contribution is -0.144. The highest BCUT2D eigenvalue weighted by Crippen LogP contribution is 2.41. The van der Waals surface area contributed by atoms with Crippen LogP contribution in [0.25, 0.3) is 16.7 Å². The van der Waals surface area contributed by atoms with Crippen LogP contribution in [-0.2, 0) is 4.79 Å². The van der Waals surface area contributed by atoms with Crippen LogP contribution in [0.5, 0.6) is 11.5 Å². The molecule has 1 N–H and O–H groups in total. The molecule has 0 saturated carbocycles. The molecule has 4 aromatic heterocycles. The van der Waals surface area contributed by atoms with E-state index in [1.807, 2.05) is 53.4 Å². The van der Waals surface area contributed by atoms with Crippen molar-refractivity contribution in [3.63, 3.8) is 0 Å². The van der Waals surface area contributed by atoms with Crippen LogP contribution in [-0.4, -0.2) is 65.5 Å². The van der Waals surface area contributed by atoms with Crippen molar-refractivity contribution in [2.24, 2.45) is 0 Å². The zero-order chi connectivity index (χ0) is 25.7. The molecule has 2 saturated heterocycles. The first-order chi connectivity index (χ1) is 18.6. The van der Waals surface area contributed by atoms with Crippen LogP contribution in [0.15, 0.2) is 80.0 Å². The summed E-state index contributed by atoms with van der Waals surface area (Å²) < 4.78 is 7.65. The normalized spacial score (nSPS) is 15.8. The average molecular weight is 506 g/mol. The molecule has 0 radical (unpaired) electrons. The first-order valence-electron chi connectivity index (χ1n) is 12.3. The van der Waals surface area contributed by atoms with Crippen LogP contribution in [0.2, 0.25) is 0 Å². The molecular formula is C27H23N9O2. The van der Waals surface area contributed by atoms with E-state index in [0.29, 0.717) is 28.5 Å². The zero-order valence-corrected chi connectivity index (χ0v) is 20.4. The molecule has 1 spiro atoms. The standard InChI is InChI=1S/C27H23N9O2/c1-2-24(37)35-12-10-27(35)14-34(15-27)22-8-7-21-25(33-22)26(30-16-28-21)32-18-3-5-19(6-4-18)38-20-9-11-36-23(13-20)29-17-31-36/h2-9,11,13,16-17H,1,10,12,14-15H2,(H,28,30,32). The van der Waals surface area contributed by atoms with E-state index >= 15 is 0 Å². The van der Waals surface area contributed by atoms with Gasteiger partial charge in [-0.1, -0.05) is 6.58 Å². The Morgan fingerprint density at radius 2 is 1.89 bits per heavy atom. The zero-order valence-electron chi connectivity index (χ0n) is 20.4. The first-order valence-corrected chi connectivity index (χ1v) is 12.3. The molecule has 0 atom stereocenters. The molecule has 11 heteroatoms. The highest BCUT2D eigenvalue weighted by molar-refractivity contribution is 5.90. The van der Waals surface area contributed by atoms with Crippen LogP contribution in [0.4, 0.5) is 17.3 Å². The van der Waals surface area contributed by atoms with Gasteiger partial charge in [0.1, 0.15) is 35.5 Å². The molecule has 0 bridgehead atoms. The molecule has 0 unspecified atom stereocenters. The van der Waals surface area contributed by atoms with Crippen molar-refractivity contribution in [1.82, 2.24) is 34.4 Å². The van der Waals surface area contributed by atoms with Gasteiger partial charge in [-0.25, -0.2) is 24.5 Å². The Kier molecular flexibility index (Phi) is 4.96. The largest absolute Gasteiger partial charge is 0.457 e. The Hall–Kier alpha value is -5.06. The Labute approximate surface area is 217 Å².